The van der Waals surface area contributed by atoms with Crippen LogP contribution in [-0.2, 0) is 13.0 Å². The van der Waals surface area contributed by atoms with Gasteiger partial charge >= 0.3 is 0 Å². The summed E-state index contributed by atoms with van der Waals surface area (Å²) < 4.78 is 1.55. The molecule has 13 heavy (non-hydrogen) atoms. The number of nitrogens with zero attached hydrogens (tertiary/aromatic N) is 3. The number of aliphatic hydroxyl groups excluding tert-OH is 2. The number of aromatic nitrogens is 3. The number of aliphatic hydroxyl groups is 2. The van der Waals surface area contributed by atoms with Crippen molar-refractivity contribution in [2.45, 2.75) is 19.1 Å². The molecule has 1 aromatic heterocycles. The van der Waals surface area contributed by atoms with Gasteiger partial charge in [-0.05, 0) is 6.54 Å². The fraction of sp³-hybridized carbons (Fsp3) is 0.714. The molecule has 4 N–H and O–H groups in total. The fourth-order valence-electron chi connectivity index (χ4n) is 1.03. The highest BCUT2D eigenvalue weighted by Gasteiger charge is 2.07. The minimum absolute atomic E-state index is 0.256. The Labute approximate surface area is 76.0 Å². The molecule has 0 saturated carbocycles. The van der Waals surface area contributed by atoms with E-state index in [1.54, 1.807) is 10.9 Å². The first kappa shape index (κ1) is 10.1. The highest BCUT2D eigenvalue weighted by atomic mass is 16.3. The molecule has 0 bridgehead atoms. The summed E-state index contributed by atoms with van der Waals surface area (Å²) in [5, 5.41) is 25.2. The normalized spacial score (nSPS) is 13.2. The van der Waals surface area contributed by atoms with Crippen molar-refractivity contribution in [1.29, 1.82) is 0 Å². The molecule has 1 atom stereocenters. The van der Waals surface area contributed by atoms with Crippen LogP contribution in [0.25, 0.3) is 0 Å². The van der Waals surface area contributed by atoms with E-state index in [2.05, 4.69) is 10.3 Å². The molecule has 1 aromatic rings. The van der Waals surface area contributed by atoms with Gasteiger partial charge in [-0.2, -0.15) is 0 Å². The van der Waals surface area contributed by atoms with Crippen LogP contribution in [0, 0.1) is 0 Å². The Kier molecular flexibility index (Phi) is 3.81. The van der Waals surface area contributed by atoms with Gasteiger partial charge in [-0.3, -0.25) is 0 Å². The summed E-state index contributed by atoms with van der Waals surface area (Å²) in [5.74, 6) is 0. The lowest BCUT2D eigenvalue weighted by Crippen LogP contribution is -2.22. The fourth-order valence-corrected chi connectivity index (χ4v) is 1.03. The Balaban J connectivity index is 2.59. The minimum Gasteiger partial charge on any atom is -0.394 e. The van der Waals surface area contributed by atoms with Gasteiger partial charge in [0.05, 0.1) is 31.1 Å². The van der Waals surface area contributed by atoms with Crippen molar-refractivity contribution < 1.29 is 10.2 Å². The largest absolute Gasteiger partial charge is 0.394 e. The first-order valence-electron chi connectivity index (χ1n) is 4.14. The maximum atomic E-state index is 9.15. The van der Waals surface area contributed by atoms with Crippen molar-refractivity contribution in [3.63, 3.8) is 0 Å². The summed E-state index contributed by atoms with van der Waals surface area (Å²) in [5.41, 5.74) is 6.24. The van der Waals surface area contributed by atoms with Crippen LogP contribution >= 0.6 is 0 Å². The highest BCUT2D eigenvalue weighted by Crippen LogP contribution is 1.98. The topological polar surface area (TPSA) is 97.2 Å². The summed E-state index contributed by atoms with van der Waals surface area (Å²) in [7, 11) is 0. The van der Waals surface area contributed by atoms with Crippen molar-refractivity contribution in [2.24, 2.45) is 5.73 Å². The van der Waals surface area contributed by atoms with Crippen molar-refractivity contribution in [1.82, 2.24) is 15.0 Å². The molecule has 0 aliphatic rings. The molecular formula is C7H14N4O2. The lowest BCUT2D eigenvalue weighted by molar-refractivity contribution is 0.0770. The van der Waals surface area contributed by atoms with E-state index in [-0.39, 0.29) is 13.2 Å². The zero-order valence-electron chi connectivity index (χ0n) is 7.30. The number of hydrogen-bond acceptors (Lipinski definition) is 5. The van der Waals surface area contributed by atoms with Crippen LogP contribution in [0.3, 0.4) is 0 Å². The molecule has 0 aliphatic carbocycles. The van der Waals surface area contributed by atoms with Gasteiger partial charge in [-0.1, -0.05) is 5.21 Å². The minimum atomic E-state index is -0.793. The molecule has 0 spiro atoms. The summed E-state index contributed by atoms with van der Waals surface area (Å²) in [4.78, 5) is 0. The standard InChI is InChI=1S/C7H14N4O2/c8-2-1-6-3-9-10-11(6)4-7(13)5-12/h3,7,12-13H,1-2,4-5,8H2. The second-order valence-electron chi connectivity index (χ2n) is 2.78. The van der Waals surface area contributed by atoms with Crippen LogP contribution in [0.15, 0.2) is 6.20 Å². The van der Waals surface area contributed by atoms with Gasteiger partial charge in [0, 0.05) is 6.42 Å². The van der Waals surface area contributed by atoms with Crippen molar-refractivity contribution in [3.8, 4) is 0 Å². The molecule has 0 amide bonds. The first-order valence-corrected chi connectivity index (χ1v) is 4.14. The van der Waals surface area contributed by atoms with Crippen LogP contribution in [-0.4, -0.2) is 44.5 Å². The third-order valence-electron chi connectivity index (χ3n) is 1.69. The lowest BCUT2D eigenvalue weighted by Gasteiger charge is -2.08. The van der Waals surface area contributed by atoms with Crippen molar-refractivity contribution in [3.05, 3.63) is 11.9 Å². The van der Waals surface area contributed by atoms with Gasteiger partial charge in [0.1, 0.15) is 0 Å². The Morgan fingerprint density at radius 2 is 2.38 bits per heavy atom. The predicted octanol–water partition coefficient (Wildman–Crippen LogP) is -1.87. The molecule has 1 rings (SSSR count). The van der Waals surface area contributed by atoms with Crippen molar-refractivity contribution in [2.75, 3.05) is 13.2 Å². The molecule has 6 nitrogen and oxygen atoms in total. The summed E-state index contributed by atoms with van der Waals surface area (Å²) in [6.45, 7) is 0.496. The third kappa shape index (κ3) is 2.76. The third-order valence-corrected chi connectivity index (χ3v) is 1.69. The van der Waals surface area contributed by atoms with Crippen LogP contribution in [0.4, 0.5) is 0 Å². The van der Waals surface area contributed by atoms with E-state index in [9.17, 15) is 0 Å². The molecule has 0 saturated heterocycles. The van der Waals surface area contributed by atoms with Crippen LogP contribution in [0.2, 0.25) is 0 Å². The lowest BCUT2D eigenvalue weighted by atomic mass is 10.3. The van der Waals surface area contributed by atoms with Crippen LogP contribution < -0.4 is 5.73 Å². The first-order chi connectivity index (χ1) is 6.27. The van der Waals surface area contributed by atoms with Crippen LogP contribution in [0.1, 0.15) is 5.69 Å². The van der Waals surface area contributed by atoms with E-state index in [1.165, 1.54) is 0 Å². The zero-order chi connectivity index (χ0) is 9.68. The average molecular weight is 186 g/mol. The van der Waals surface area contributed by atoms with E-state index in [0.29, 0.717) is 13.0 Å². The Morgan fingerprint density at radius 3 is 3.00 bits per heavy atom. The molecule has 74 valence electrons. The molecule has 0 aliphatic heterocycles. The number of rotatable bonds is 5. The highest BCUT2D eigenvalue weighted by molar-refractivity contribution is 4.94. The summed E-state index contributed by atoms with van der Waals surface area (Å²) in [6.07, 6.45) is 1.49. The number of nitrogens with two attached hydrogens (primary N) is 1. The Hall–Kier alpha value is -0.980. The Morgan fingerprint density at radius 1 is 1.62 bits per heavy atom. The van der Waals surface area contributed by atoms with Gasteiger partial charge in [0.15, 0.2) is 0 Å². The summed E-state index contributed by atoms with van der Waals surface area (Å²) in [6, 6.07) is 0. The maximum absolute atomic E-state index is 9.15. The molecule has 0 fully saturated rings. The van der Waals surface area contributed by atoms with E-state index in [1.807, 2.05) is 0 Å². The smallest absolute Gasteiger partial charge is 0.0967 e. The van der Waals surface area contributed by atoms with E-state index in [0.717, 1.165) is 5.69 Å². The molecule has 6 heteroatoms. The average Bonchev–Trinajstić information content (AvgIpc) is 2.54. The molecule has 0 radical (unpaired) electrons. The number of hydrogen-bond donors (Lipinski definition) is 3. The van der Waals surface area contributed by atoms with Gasteiger partial charge in [-0.15, -0.1) is 5.10 Å². The van der Waals surface area contributed by atoms with E-state index in [4.69, 9.17) is 15.9 Å². The van der Waals surface area contributed by atoms with Gasteiger partial charge < -0.3 is 15.9 Å². The Bertz CT molecular complexity index is 250. The van der Waals surface area contributed by atoms with Crippen molar-refractivity contribution >= 4 is 0 Å². The maximum Gasteiger partial charge on any atom is 0.0967 e. The summed E-state index contributed by atoms with van der Waals surface area (Å²) >= 11 is 0. The van der Waals surface area contributed by atoms with Crippen LogP contribution in [0.5, 0.6) is 0 Å². The SMILES string of the molecule is NCCc1cnnn1CC(O)CO. The monoisotopic (exact) mass is 186 g/mol. The van der Waals surface area contributed by atoms with E-state index < -0.39 is 6.10 Å². The second-order valence-corrected chi connectivity index (χ2v) is 2.78. The molecular weight excluding hydrogens is 172 g/mol. The van der Waals surface area contributed by atoms with Gasteiger partial charge in [-0.25, -0.2) is 4.68 Å². The van der Waals surface area contributed by atoms with Gasteiger partial charge in [0.25, 0.3) is 0 Å². The van der Waals surface area contributed by atoms with Gasteiger partial charge in [0.2, 0.25) is 0 Å². The molecule has 1 unspecified atom stereocenters. The zero-order valence-corrected chi connectivity index (χ0v) is 7.30. The van der Waals surface area contributed by atoms with E-state index >= 15 is 0 Å². The molecule has 1 heterocycles. The quantitative estimate of drug-likeness (QED) is 0.500. The predicted molar refractivity (Wildman–Crippen MR) is 45.9 cm³/mol. The second kappa shape index (κ2) is 4.90. The molecule has 0 aromatic carbocycles.